The number of rotatable bonds is 3. The molecule has 2 atom stereocenters. The lowest BCUT2D eigenvalue weighted by Crippen LogP contribution is -2.43. The highest BCUT2D eigenvalue weighted by atomic mass is 16.2. The lowest BCUT2D eigenvalue weighted by molar-refractivity contribution is -0.121. The zero-order chi connectivity index (χ0) is 22.5. The maximum atomic E-state index is 13.8. The Hall–Kier alpha value is -3.81. The summed E-state index contributed by atoms with van der Waals surface area (Å²) in [4.78, 5) is 43.9. The quantitative estimate of drug-likeness (QED) is 0.690. The Morgan fingerprint density at radius 3 is 2.72 bits per heavy atom. The molecular formula is C24H24N6O2. The highest BCUT2D eigenvalue weighted by Crippen LogP contribution is 2.54. The van der Waals surface area contributed by atoms with Crippen LogP contribution in [0, 0.1) is 6.92 Å². The fourth-order valence-electron chi connectivity index (χ4n) is 4.94. The Labute approximate surface area is 186 Å². The molecule has 2 aromatic heterocycles. The predicted octanol–water partition coefficient (Wildman–Crippen LogP) is 2.72. The Balaban J connectivity index is 1.63. The van der Waals surface area contributed by atoms with Crippen LogP contribution in [-0.4, -0.2) is 52.3 Å². The van der Waals surface area contributed by atoms with Crippen LogP contribution in [0.1, 0.15) is 39.6 Å². The molecular weight excluding hydrogens is 404 g/mol. The molecule has 3 aromatic rings. The number of nitrogens with zero attached hydrogens (tertiary/aromatic N) is 5. The van der Waals surface area contributed by atoms with Gasteiger partial charge in [0.25, 0.3) is 5.91 Å². The lowest BCUT2D eigenvalue weighted by atomic mass is 9.73. The molecule has 2 amide bonds. The van der Waals surface area contributed by atoms with Crippen molar-refractivity contribution in [3.8, 4) is 0 Å². The van der Waals surface area contributed by atoms with Crippen molar-refractivity contribution in [2.75, 3.05) is 30.9 Å². The Bertz CT molecular complexity index is 1210. The van der Waals surface area contributed by atoms with E-state index >= 15 is 0 Å². The zero-order valence-electron chi connectivity index (χ0n) is 18.2. The van der Waals surface area contributed by atoms with Crippen molar-refractivity contribution in [2.24, 2.45) is 0 Å². The van der Waals surface area contributed by atoms with E-state index in [4.69, 9.17) is 0 Å². The van der Waals surface area contributed by atoms with Crippen LogP contribution in [0.5, 0.6) is 0 Å². The van der Waals surface area contributed by atoms with Gasteiger partial charge in [-0.1, -0.05) is 24.3 Å². The highest BCUT2D eigenvalue weighted by Gasteiger charge is 2.59. The molecule has 1 N–H and O–H groups in total. The van der Waals surface area contributed by atoms with E-state index in [-0.39, 0.29) is 11.8 Å². The number of carbonyl (C=O) groups excluding carboxylic acids is 2. The number of para-hydroxylation sites is 1. The minimum absolute atomic E-state index is 0.0845. The number of benzene rings is 1. The van der Waals surface area contributed by atoms with E-state index in [9.17, 15) is 9.59 Å². The molecule has 8 nitrogen and oxygen atoms in total. The number of likely N-dealkylation sites (tertiary alicyclic amines) is 1. The number of nitrogens with one attached hydrogen (secondary N) is 1. The first-order valence-corrected chi connectivity index (χ1v) is 10.6. The number of amides is 2. The molecule has 5 rings (SSSR count). The fraction of sp³-hybridized carbons (Fsp3) is 0.292. The van der Waals surface area contributed by atoms with E-state index in [1.165, 1.54) is 0 Å². The average molecular weight is 428 g/mol. The molecule has 1 saturated heterocycles. The van der Waals surface area contributed by atoms with Crippen LogP contribution in [0.15, 0.2) is 55.0 Å². The van der Waals surface area contributed by atoms with Crippen LogP contribution < -0.4 is 10.2 Å². The van der Waals surface area contributed by atoms with Crippen LogP contribution in [-0.2, 0) is 10.2 Å². The maximum absolute atomic E-state index is 13.8. The fourth-order valence-corrected chi connectivity index (χ4v) is 4.94. The number of carbonyl (C=O) groups is 2. The normalized spacial score (nSPS) is 21.5. The molecule has 1 aromatic carbocycles. The van der Waals surface area contributed by atoms with Crippen molar-refractivity contribution in [3.63, 3.8) is 0 Å². The van der Waals surface area contributed by atoms with E-state index in [1.807, 2.05) is 57.4 Å². The average Bonchev–Trinajstić information content (AvgIpc) is 3.33. The highest BCUT2D eigenvalue weighted by molar-refractivity contribution is 6.08. The first-order chi connectivity index (χ1) is 15.4. The molecule has 1 spiro atoms. The summed E-state index contributed by atoms with van der Waals surface area (Å²) >= 11 is 0. The molecule has 2 aliphatic rings. The molecule has 0 saturated carbocycles. The summed E-state index contributed by atoms with van der Waals surface area (Å²) in [6.07, 6.45) is 5.54. The van der Waals surface area contributed by atoms with E-state index in [1.54, 1.807) is 28.4 Å². The van der Waals surface area contributed by atoms with E-state index in [0.29, 0.717) is 30.2 Å². The van der Waals surface area contributed by atoms with Crippen molar-refractivity contribution in [3.05, 3.63) is 77.4 Å². The summed E-state index contributed by atoms with van der Waals surface area (Å²) in [6.45, 7) is 2.25. The van der Waals surface area contributed by atoms with Crippen LogP contribution in [0.3, 0.4) is 0 Å². The molecule has 4 heterocycles. The Morgan fingerprint density at radius 2 is 2.00 bits per heavy atom. The molecule has 0 aliphatic carbocycles. The maximum Gasteiger partial charge on any atom is 0.257 e. The SMILES string of the molecule is Cc1nc(N(C)C)ncc1C(=O)N1CCC2(C(=O)Nc3ccccc32)C1c1cccnc1. The van der Waals surface area contributed by atoms with Crippen molar-refractivity contribution in [2.45, 2.75) is 24.8 Å². The van der Waals surface area contributed by atoms with Gasteiger partial charge in [0, 0.05) is 44.9 Å². The number of aryl methyl sites for hydroxylation is 1. The number of anilines is 2. The van der Waals surface area contributed by atoms with Gasteiger partial charge in [0.1, 0.15) is 5.41 Å². The van der Waals surface area contributed by atoms with Gasteiger partial charge in [-0.05, 0) is 36.6 Å². The van der Waals surface area contributed by atoms with Gasteiger partial charge in [0.2, 0.25) is 11.9 Å². The number of pyridine rings is 1. The number of fused-ring (bicyclic) bond motifs is 2. The molecule has 2 aliphatic heterocycles. The summed E-state index contributed by atoms with van der Waals surface area (Å²) in [7, 11) is 3.71. The largest absolute Gasteiger partial charge is 0.347 e. The van der Waals surface area contributed by atoms with Gasteiger partial charge in [-0.25, -0.2) is 9.97 Å². The smallest absolute Gasteiger partial charge is 0.257 e. The van der Waals surface area contributed by atoms with Gasteiger partial charge in [-0.15, -0.1) is 0 Å². The third kappa shape index (κ3) is 2.86. The summed E-state index contributed by atoms with van der Waals surface area (Å²) in [5, 5.41) is 3.03. The topological polar surface area (TPSA) is 91.3 Å². The predicted molar refractivity (Wildman–Crippen MR) is 120 cm³/mol. The van der Waals surface area contributed by atoms with Crippen LogP contribution in [0.4, 0.5) is 11.6 Å². The van der Waals surface area contributed by atoms with Crippen LogP contribution >= 0.6 is 0 Å². The monoisotopic (exact) mass is 428 g/mol. The molecule has 2 unspecified atom stereocenters. The van der Waals surface area contributed by atoms with Gasteiger partial charge < -0.3 is 15.1 Å². The molecule has 162 valence electrons. The van der Waals surface area contributed by atoms with Crippen LogP contribution in [0.25, 0.3) is 0 Å². The van der Waals surface area contributed by atoms with Gasteiger partial charge in [-0.2, -0.15) is 0 Å². The second-order valence-electron chi connectivity index (χ2n) is 8.47. The standard InChI is InChI=1S/C24H24N6O2/c1-15-17(14-26-23(27-15)29(2)3)21(31)30-12-10-24(20(30)16-7-6-11-25-13-16)18-8-4-5-9-19(18)28-22(24)32/h4-9,11,13-14,20H,10,12H2,1-3H3,(H,28,32). The van der Waals surface area contributed by atoms with Gasteiger partial charge in [-0.3, -0.25) is 14.6 Å². The van der Waals surface area contributed by atoms with Gasteiger partial charge in [0.15, 0.2) is 0 Å². The van der Waals surface area contributed by atoms with Crippen molar-refractivity contribution in [1.82, 2.24) is 19.9 Å². The molecule has 8 heteroatoms. The molecule has 0 bridgehead atoms. The van der Waals surface area contributed by atoms with E-state index in [0.717, 1.165) is 16.8 Å². The minimum atomic E-state index is -0.867. The third-order valence-electron chi connectivity index (χ3n) is 6.44. The summed E-state index contributed by atoms with van der Waals surface area (Å²) in [5.41, 5.74) is 2.73. The second kappa shape index (κ2) is 7.40. The van der Waals surface area contributed by atoms with Gasteiger partial charge in [0.05, 0.1) is 17.3 Å². The molecule has 32 heavy (non-hydrogen) atoms. The first kappa shape index (κ1) is 20.1. The van der Waals surface area contributed by atoms with E-state index in [2.05, 4.69) is 20.3 Å². The molecule has 0 radical (unpaired) electrons. The second-order valence-corrected chi connectivity index (χ2v) is 8.47. The minimum Gasteiger partial charge on any atom is -0.347 e. The lowest BCUT2D eigenvalue weighted by Gasteiger charge is -2.34. The Morgan fingerprint density at radius 1 is 1.19 bits per heavy atom. The van der Waals surface area contributed by atoms with Gasteiger partial charge >= 0.3 is 0 Å². The summed E-state index contributed by atoms with van der Waals surface area (Å²) < 4.78 is 0. The summed E-state index contributed by atoms with van der Waals surface area (Å²) in [5.74, 6) is 0.277. The van der Waals surface area contributed by atoms with Crippen molar-refractivity contribution < 1.29 is 9.59 Å². The Kier molecular flexibility index (Phi) is 4.65. The molecule has 1 fully saturated rings. The third-order valence-corrected chi connectivity index (χ3v) is 6.44. The first-order valence-electron chi connectivity index (χ1n) is 10.6. The van der Waals surface area contributed by atoms with E-state index < -0.39 is 11.5 Å². The zero-order valence-corrected chi connectivity index (χ0v) is 18.2. The van der Waals surface area contributed by atoms with Crippen molar-refractivity contribution in [1.29, 1.82) is 0 Å². The van der Waals surface area contributed by atoms with Crippen LogP contribution in [0.2, 0.25) is 0 Å². The number of hydrogen-bond donors (Lipinski definition) is 1. The number of aromatic nitrogens is 3. The number of hydrogen-bond acceptors (Lipinski definition) is 6. The van der Waals surface area contributed by atoms with Crippen molar-refractivity contribution >= 4 is 23.5 Å². The summed E-state index contributed by atoms with van der Waals surface area (Å²) in [6, 6.07) is 11.0.